The molecule has 5 rings (SSSR count). The highest BCUT2D eigenvalue weighted by molar-refractivity contribution is 7.91. The third-order valence-electron chi connectivity index (χ3n) is 7.46. The average molecular weight is 574 g/mol. The van der Waals surface area contributed by atoms with Gasteiger partial charge in [0.05, 0.1) is 23.1 Å². The minimum atomic E-state index is -2.90. The lowest BCUT2D eigenvalue weighted by atomic mass is 9.97. The molecule has 2 aromatic carbocycles. The molecule has 0 bridgehead atoms. The van der Waals surface area contributed by atoms with Gasteiger partial charge in [0.1, 0.15) is 18.2 Å². The molecule has 1 aromatic heterocycles. The number of rotatable bonds is 8. The van der Waals surface area contributed by atoms with Gasteiger partial charge in [0.15, 0.2) is 15.0 Å². The van der Waals surface area contributed by atoms with Crippen molar-refractivity contribution in [2.75, 3.05) is 42.6 Å². The first-order valence-electron chi connectivity index (χ1n) is 13.0. The summed E-state index contributed by atoms with van der Waals surface area (Å²) in [5, 5.41) is 11.9. The van der Waals surface area contributed by atoms with Crippen molar-refractivity contribution in [2.45, 2.75) is 32.9 Å². The fourth-order valence-electron chi connectivity index (χ4n) is 5.02. The Kier molecular flexibility index (Phi) is 8.20. The standard InChI is InChI=1S/C28H32FN3O5S2/c1-19-14-20(16-31-10-12-39(35,36)13-11-31)2-3-22(19)17-37-26-5-4-23(29)15-24(26)25-18-38-28(30-25)32-8-6-21(7-9-32)27(33)34/h2-5,14-15,18,21H,6-13,16-17H2,1H3,(H,33,34). The van der Waals surface area contributed by atoms with Gasteiger partial charge in [-0.2, -0.15) is 0 Å². The van der Waals surface area contributed by atoms with Gasteiger partial charge in [0.2, 0.25) is 0 Å². The number of piperidine rings is 1. The number of benzene rings is 2. The smallest absolute Gasteiger partial charge is 0.306 e. The van der Waals surface area contributed by atoms with Gasteiger partial charge in [-0.25, -0.2) is 17.8 Å². The molecule has 2 fully saturated rings. The van der Waals surface area contributed by atoms with Crippen molar-refractivity contribution in [2.24, 2.45) is 5.92 Å². The number of hydrogen-bond acceptors (Lipinski definition) is 8. The molecular weight excluding hydrogens is 541 g/mol. The zero-order valence-corrected chi connectivity index (χ0v) is 23.4. The van der Waals surface area contributed by atoms with Crippen LogP contribution in [0.4, 0.5) is 9.52 Å². The van der Waals surface area contributed by atoms with E-state index in [4.69, 9.17) is 9.72 Å². The lowest BCUT2D eigenvalue weighted by molar-refractivity contribution is -0.142. The summed E-state index contributed by atoms with van der Waals surface area (Å²) in [7, 11) is -2.90. The zero-order chi connectivity index (χ0) is 27.6. The molecule has 2 aliphatic rings. The van der Waals surface area contributed by atoms with E-state index in [-0.39, 0.29) is 23.2 Å². The molecule has 39 heavy (non-hydrogen) atoms. The van der Waals surface area contributed by atoms with Crippen LogP contribution in [-0.4, -0.2) is 67.1 Å². The van der Waals surface area contributed by atoms with Crippen LogP contribution in [0.3, 0.4) is 0 Å². The summed E-state index contributed by atoms with van der Waals surface area (Å²) >= 11 is 1.46. The maximum absolute atomic E-state index is 14.2. The third kappa shape index (κ3) is 6.77. The van der Waals surface area contributed by atoms with Crippen LogP contribution in [0.1, 0.15) is 29.5 Å². The van der Waals surface area contributed by atoms with E-state index in [1.807, 2.05) is 24.4 Å². The summed E-state index contributed by atoms with van der Waals surface area (Å²) in [5.41, 5.74) is 4.41. The lowest BCUT2D eigenvalue weighted by Gasteiger charge is -2.29. The van der Waals surface area contributed by atoms with Gasteiger partial charge < -0.3 is 14.7 Å². The van der Waals surface area contributed by atoms with E-state index < -0.39 is 15.8 Å². The molecule has 3 heterocycles. The number of aromatic nitrogens is 1. The van der Waals surface area contributed by atoms with E-state index in [9.17, 15) is 22.7 Å². The lowest BCUT2D eigenvalue weighted by Crippen LogP contribution is -2.39. The maximum atomic E-state index is 14.2. The number of aliphatic carboxylic acids is 1. The number of anilines is 1. The molecule has 0 amide bonds. The van der Waals surface area contributed by atoms with Crippen molar-refractivity contribution in [3.8, 4) is 17.0 Å². The topological polar surface area (TPSA) is 100 Å². The van der Waals surface area contributed by atoms with Gasteiger partial charge in [-0.3, -0.25) is 9.69 Å². The monoisotopic (exact) mass is 573 g/mol. The highest BCUT2D eigenvalue weighted by Gasteiger charge is 2.26. The highest BCUT2D eigenvalue weighted by atomic mass is 32.2. The summed E-state index contributed by atoms with van der Waals surface area (Å²) in [6, 6.07) is 10.6. The molecule has 0 saturated carbocycles. The molecule has 3 aromatic rings. The number of nitrogens with zero attached hydrogens (tertiary/aromatic N) is 3. The first-order valence-corrected chi connectivity index (χ1v) is 15.7. The third-order valence-corrected chi connectivity index (χ3v) is 9.97. The zero-order valence-electron chi connectivity index (χ0n) is 21.8. The van der Waals surface area contributed by atoms with E-state index in [1.165, 1.54) is 23.5 Å². The van der Waals surface area contributed by atoms with Crippen molar-refractivity contribution in [3.63, 3.8) is 0 Å². The molecule has 2 saturated heterocycles. The molecule has 208 valence electrons. The normalized spacial score (nSPS) is 18.3. The van der Waals surface area contributed by atoms with Gasteiger partial charge >= 0.3 is 5.97 Å². The second-order valence-corrected chi connectivity index (χ2v) is 13.4. The summed E-state index contributed by atoms with van der Waals surface area (Å²) in [5.74, 6) is -0.481. The van der Waals surface area contributed by atoms with Crippen molar-refractivity contribution in [3.05, 3.63) is 64.3 Å². The summed E-state index contributed by atoms with van der Waals surface area (Å²) in [4.78, 5) is 20.2. The van der Waals surface area contributed by atoms with Crippen LogP contribution in [0.15, 0.2) is 41.8 Å². The van der Waals surface area contributed by atoms with E-state index >= 15 is 0 Å². The Hall–Kier alpha value is -3.02. The second kappa shape index (κ2) is 11.6. The van der Waals surface area contributed by atoms with Crippen LogP contribution in [0, 0.1) is 18.7 Å². The van der Waals surface area contributed by atoms with Crippen LogP contribution in [0.5, 0.6) is 5.75 Å². The Morgan fingerprint density at radius 1 is 1.13 bits per heavy atom. The van der Waals surface area contributed by atoms with Crippen molar-refractivity contribution in [1.29, 1.82) is 0 Å². The first-order chi connectivity index (χ1) is 18.7. The second-order valence-electron chi connectivity index (χ2n) is 10.2. The Morgan fingerprint density at radius 3 is 2.56 bits per heavy atom. The predicted molar refractivity (Wildman–Crippen MR) is 150 cm³/mol. The first kappa shape index (κ1) is 27.5. The summed E-state index contributed by atoms with van der Waals surface area (Å²) in [6.07, 6.45) is 1.16. The van der Waals surface area contributed by atoms with Gasteiger partial charge in [-0.1, -0.05) is 18.2 Å². The largest absolute Gasteiger partial charge is 0.488 e. The Bertz CT molecular complexity index is 1440. The van der Waals surface area contributed by atoms with Crippen LogP contribution < -0.4 is 9.64 Å². The van der Waals surface area contributed by atoms with Gasteiger partial charge in [-0.05, 0) is 54.7 Å². The van der Waals surface area contributed by atoms with Crippen molar-refractivity contribution >= 4 is 32.3 Å². The number of carbonyl (C=O) groups is 1. The van der Waals surface area contributed by atoms with Crippen molar-refractivity contribution in [1.82, 2.24) is 9.88 Å². The molecule has 0 unspecified atom stereocenters. The Balaban J connectivity index is 1.24. The maximum Gasteiger partial charge on any atom is 0.306 e. The number of hydrogen-bond donors (Lipinski definition) is 1. The number of carboxylic acids is 1. The number of halogens is 1. The molecule has 0 radical (unpaired) electrons. The van der Waals surface area contributed by atoms with E-state index in [0.717, 1.165) is 21.8 Å². The Labute approximate surface area is 232 Å². The number of sulfone groups is 1. The molecule has 0 aliphatic carbocycles. The molecule has 0 spiro atoms. The number of thiazole rings is 1. The van der Waals surface area contributed by atoms with Crippen LogP contribution in [0.2, 0.25) is 0 Å². The highest BCUT2D eigenvalue weighted by Crippen LogP contribution is 2.36. The average Bonchev–Trinajstić information content (AvgIpc) is 3.40. The van der Waals surface area contributed by atoms with Crippen LogP contribution in [0.25, 0.3) is 11.3 Å². The molecule has 11 heteroatoms. The van der Waals surface area contributed by atoms with E-state index in [2.05, 4.69) is 15.9 Å². The van der Waals surface area contributed by atoms with E-state index in [0.29, 0.717) is 69.2 Å². The van der Waals surface area contributed by atoms with Crippen LogP contribution >= 0.6 is 11.3 Å². The number of ether oxygens (including phenoxy) is 1. The van der Waals surface area contributed by atoms with Crippen molar-refractivity contribution < 1.29 is 27.4 Å². The summed E-state index contributed by atoms with van der Waals surface area (Å²) < 4.78 is 43.8. The molecule has 1 N–H and O–H groups in total. The predicted octanol–water partition coefficient (Wildman–Crippen LogP) is 4.37. The SMILES string of the molecule is Cc1cc(CN2CCS(=O)(=O)CC2)ccc1COc1ccc(F)cc1-c1csc(N2CCC(C(=O)O)CC2)n1. The molecule has 8 nitrogen and oxygen atoms in total. The molecule has 2 aliphatic heterocycles. The number of carboxylic acid groups (broad SMARTS) is 1. The quantitative estimate of drug-likeness (QED) is 0.424. The fraction of sp³-hybridized carbons (Fsp3) is 0.429. The minimum absolute atomic E-state index is 0.210. The number of aryl methyl sites for hydroxylation is 1. The summed E-state index contributed by atoms with van der Waals surface area (Å²) in [6.45, 7) is 5.41. The van der Waals surface area contributed by atoms with Crippen LogP contribution in [-0.2, 0) is 27.8 Å². The van der Waals surface area contributed by atoms with Gasteiger partial charge in [-0.15, -0.1) is 11.3 Å². The fourth-order valence-corrected chi connectivity index (χ4v) is 7.18. The molecular formula is C28H32FN3O5S2. The van der Waals surface area contributed by atoms with Gasteiger partial charge in [0, 0.05) is 43.7 Å². The van der Waals surface area contributed by atoms with Gasteiger partial charge in [0.25, 0.3) is 0 Å². The molecule has 0 atom stereocenters. The van der Waals surface area contributed by atoms with E-state index in [1.54, 1.807) is 6.07 Å². The minimum Gasteiger partial charge on any atom is -0.488 e. The Morgan fingerprint density at radius 2 is 1.87 bits per heavy atom.